The predicted octanol–water partition coefficient (Wildman–Crippen LogP) is 6.06. The lowest BCUT2D eigenvalue weighted by atomic mass is 10.2. The van der Waals surface area contributed by atoms with E-state index in [1.807, 2.05) is 65.4 Å². The molecule has 0 amide bonds. The van der Waals surface area contributed by atoms with Crippen LogP contribution >= 0.6 is 11.6 Å². The van der Waals surface area contributed by atoms with Gasteiger partial charge in [0.15, 0.2) is 0 Å². The summed E-state index contributed by atoms with van der Waals surface area (Å²) in [6.45, 7) is 0.950. The number of aromatic nitrogens is 1. The van der Waals surface area contributed by atoms with Gasteiger partial charge in [0.05, 0.1) is 12.1 Å². The molecule has 0 unspecified atom stereocenters. The van der Waals surface area contributed by atoms with E-state index in [0.717, 1.165) is 22.2 Å². The lowest BCUT2D eigenvalue weighted by Crippen LogP contribution is -2.01. The van der Waals surface area contributed by atoms with Crippen LogP contribution in [0.4, 0.5) is 4.39 Å². The molecule has 0 atom stereocenters. The molecule has 0 aliphatic carbocycles. The Balaban J connectivity index is 1.60. The zero-order valence-electron chi connectivity index (χ0n) is 14.0. The maximum absolute atomic E-state index is 14.1. The van der Waals surface area contributed by atoms with E-state index in [9.17, 15) is 4.39 Å². The summed E-state index contributed by atoms with van der Waals surface area (Å²) in [4.78, 5) is 0. The van der Waals surface area contributed by atoms with Crippen LogP contribution in [0.15, 0.2) is 79.0 Å². The fourth-order valence-corrected chi connectivity index (χ4v) is 3.19. The molecule has 2 nitrogen and oxygen atoms in total. The average molecular weight is 366 g/mol. The van der Waals surface area contributed by atoms with Gasteiger partial charge in [-0.2, -0.15) is 0 Å². The van der Waals surface area contributed by atoms with Crippen molar-refractivity contribution in [3.05, 3.63) is 101 Å². The van der Waals surface area contributed by atoms with Crippen LogP contribution in [0.1, 0.15) is 11.1 Å². The Morgan fingerprint density at radius 2 is 1.77 bits per heavy atom. The van der Waals surface area contributed by atoms with Gasteiger partial charge in [-0.25, -0.2) is 4.39 Å². The Kier molecular flexibility index (Phi) is 4.63. The summed E-state index contributed by atoms with van der Waals surface area (Å²) in [5, 5.41) is 1.41. The fourth-order valence-electron chi connectivity index (χ4n) is 3.03. The van der Waals surface area contributed by atoms with Gasteiger partial charge < -0.3 is 9.30 Å². The number of fused-ring (bicyclic) bond motifs is 1. The Morgan fingerprint density at radius 3 is 2.58 bits per heavy atom. The van der Waals surface area contributed by atoms with Crippen molar-refractivity contribution in [3.8, 4) is 5.75 Å². The van der Waals surface area contributed by atoms with E-state index in [2.05, 4.69) is 0 Å². The SMILES string of the molecule is Fc1cc(Cl)ccc1Cn1ccc2c(OCc3ccccc3)cccc21. The first-order valence-corrected chi connectivity index (χ1v) is 8.77. The molecular weight excluding hydrogens is 349 g/mol. The molecule has 0 N–H and O–H groups in total. The summed E-state index contributed by atoms with van der Waals surface area (Å²) in [6.07, 6.45) is 1.95. The molecule has 130 valence electrons. The first-order chi connectivity index (χ1) is 12.7. The molecule has 26 heavy (non-hydrogen) atoms. The molecule has 1 heterocycles. The van der Waals surface area contributed by atoms with Gasteiger partial charge in [0.25, 0.3) is 0 Å². The number of halogens is 2. The quantitative estimate of drug-likeness (QED) is 0.419. The van der Waals surface area contributed by atoms with Gasteiger partial charge in [-0.3, -0.25) is 0 Å². The first kappa shape index (κ1) is 16.7. The second kappa shape index (κ2) is 7.22. The Bertz CT molecular complexity index is 1040. The lowest BCUT2D eigenvalue weighted by Gasteiger charge is -2.10. The maximum atomic E-state index is 14.1. The molecule has 3 aromatic carbocycles. The number of hydrogen-bond donors (Lipinski definition) is 0. The van der Waals surface area contributed by atoms with E-state index < -0.39 is 0 Å². The minimum atomic E-state index is -0.296. The van der Waals surface area contributed by atoms with Crippen molar-refractivity contribution in [1.29, 1.82) is 0 Å². The van der Waals surface area contributed by atoms with Crippen LogP contribution in [0.3, 0.4) is 0 Å². The van der Waals surface area contributed by atoms with Crippen molar-refractivity contribution < 1.29 is 9.13 Å². The Morgan fingerprint density at radius 1 is 0.923 bits per heavy atom. The molecule has 0 aliphatic heterocycles. The zero-order chi connectivity index (χ0) is 17.9. The first-order valence-electron chi connectivity index (χ1n) is 8.39. The fraction of sp³-hybridized carbons (Fsp3) is 0.0909. The van der Waals surface area contributed by atoms with Crippen molar-refractivity contribution in [2.45, 2.75) is 13.2 Å². The van der Waals surface area contributed by atoms with Crippen LogP contribution < -0.4 is 4.74 Å². The lowest BCUT2D eigenvalue weighted by molar-refractivity contribution is 0.310. The van der Waals surface area contributed by atoms with Crippen molar-refractivity contribution in [3.63, 3.8) is 0 Å². The third-order valence-electron chi connectivity index (χ3n) is 4.37. The highest BCUT2D eigenvalue weighted by atomic mass is 35.5. The van der Waals surface area contributed by atoms with Gasteiger partial charge in [-0.1, -0.05) is 54.1 Å². The van der Waals surface area contributed by atoms with E-state index in [-0.39, 0.29) is 5.82 Å². The van der Waals surface area contributed by atoms with E-state index in [1.165, 1.54) is 6.07 Å². The maximum Gasteiger partial charge on any atom is 0.129 e. The molecule has 1 aromatic heterocycles. The minimum absolute atomic E-state index is 0.296. The molecule has 4 heteroatoms. The van der Waals surface area contributed by atoms with E-state index in [4.69, 9.17) is 16.3 Å². The standard InChI is InChI=1S/C22H17ClFNO/c23-18-10-9-17(20(24)13-18)14-25-12-11-19-21(25)7-4-8-22(19)26-15-16-5-2-1-3-6-16/h1-13H,14-15H2. The number of ether oxygens (including phenoxy) is 1. The second-order valence-corrected chi connectivity index (χ2v) is 6.58. The summed E-state index contributed by atoms with van der Waals surface area (Å²) in [5.74, 6) is 0.525. The van der Waals surface area contributed by atoms with Gasteiger partial charge in [-0.05, 0) is 35.9 Å². The molecule has 0 fully saturated rings. The summed E-state index contributed by atoms with van der Waals surface area (Å²) in [5.41, 5.74) is 2.72. The van der Waals surface area contributed by atoms with Crippen molar-refractivity contribution in [2.24, 2.45) is 0 Å². The highest BCUT2D eigenvalue weighted by Gasteiger charge is 2.09. The molecular formula is C22H17ClFNO. The summed E-state index contributed by atoms with van der Waals surface area (Å²) in [7, 11) is 0. The molecule has 0 aliphatic rings. The second-order valence-electron chi connectivity index (χ2n) is 6.14. The molecule has 0 saturated carbocycles. The van der Waals surface area contributed by atoms with Crippen LogP contribution in [0, 0.1) is 5.82 Å². The molecule has 0 bridgehead atoms. The van der Waals surface area contributed by atoms with Gasteiger partial charge in [0.2, 0.25) is 0 Å². The normalized spacial score (nSPS) is 11.0. The van der Waals surface area contributed by atoms with Crippen molar-refractivity contribution in [1.82, 2.24) is 4.57 Å². The largest absolute Gasteiger partial charge is 0.488 e. The van der Waals surface area contributed by atoms with Crippen LogP contribution in [-0.2, 0) is 13.2 Å². The van der Waals surface area contributed by atoms with Gasteiger partial charge in [0.1, 0.15) is 18.2 Å². The third kappa shape index (κ3) is 3.44. The monoisotopic (exact) mass is 365 g/mol. The number of hydrogen-bond acceptors (Lipinski definition) is 1. The molecule has 0 spiro atoms. The Labute approximate surface area is 156 Å². The average Bonchev–Trinajstić information content (AvgIpc) is 3.07. The highest BCUT2D eigenvalue weighted by Crippen LogP contribution is 2.28. The van der Waals surface area contributed by atoms with Crippen LogP contribution in [0.5, 0.6) is 5.75 Å². The van der Waals surface area contributed by atoms with Crippen LogP contribution in [-0.4, -0.2) is 4.57 Å². The number of benzene rings is 3. The van der Waals surface area contributed by atoms with Crippen molar-refractivity contribution >= 4 is 22.5 Å². The van der Waals surface area contributed by atoms with Gasteiger partial charge in [-0.15, -0.1) is 0 Å². The third-order valence-corrected chi connectivity index (χ3v) is 4.60. The van der Waals surface area contributed by atoms with E-state index in [1.54, 1.807) is 12.1 Å². The number of rotatable bonds is 5. The summed E-state index contributed by atoms with van der Waals surface area (Å²) in [6, 6.07) is 22.8. The van der Waals surface area contributed by atoms with Crippen LogP contribution in [0.2, 0.25) is 5.02 Å². The Hall–Kier alpha value is -2.78. The van der Waals surface area contributed by atoms with Gasteiger partial charge >= 0.3 is 0 Å². The predicted molar refractivity (Wildman–Crippen MR) is 103 cm³/mol. The molecule has 4 rings (SSSR count). The van der Waals surface area contributed by atoms with Crippen LogP contribution in [0.25, 0.3) is 10.9 Å². The van der Waals surface area contributed by atoms with Crippen molar-refractivity contribution in [2.75, 3.05) is 0 Å². The topological polar surface area (TPSA) is 14.2 Å². The molecule has 0 radical (unpaired) electrons. The van der Waals surface area contributed by atoms with E-state index in [0.29, 0.717) is 23.7 Å². The summed E-state index contributed by atoms with van der Waals surface area (Å²) >= 11 is 5.84. The summed E-state index contributed by atoms with van der Waals surface area (Å²) < 4.78 is 22.1. The molecule has 4 aromatic rings. The van der Waals surface area contributed by atoms with E-state index >= 15 is 0 Å². The smallest absolute Gasteiger partial charge is 0.129 e. The molecule has 0 saturated heterocycles. The minimum Gasteiger partial charge on any atom is -0.488 e. The van der Waals surface area contributed by atoms with Gasteiger partial charge in [0, 0.05) is 22.2 Å². The highest BCUT2D eigenvalue weighted by molar-refractivity contribution is 6.30. The number of nitrogens with zero attached hydrogens (tertiary/aromatic N) is 1. The zero-order valence-corrected chi connectivity index (χ0v) is 14.8.